The fourth-order valence-corrected chi connectivity index (χ4v) is 4.52. The lowest BCUT2D eigenvalue weighted by molar-refractivity contribution is -0.136. The number of hydrogen-bond acceptors (Lipinski definition) is 7. The van der Waals surface area contributed by atoms with Crippen LogP contribution in [0, 0.1) is 0 Å². The first-order valence-corrected chi connectivity index (χ1v) is 12.2. The molecule has 10 nitrogen and oxygen atoms in total. The molecular weight excluding hydrogens is 524 g/mol. The van der Waals surface area contributed by atoms with Crippen molar-refractivity contribution < 1.29 is 27.8 Å². The molecule has 0 aliphatic carbocycles. The van der Waals surface area contributed by atoms with E-state index in [9.17, 15) is 18.4 Å². The molecule has 200 valence electrons. The standard InChI is InChI=1S/C25H24ClF2N5O5/c1-36-14-2-3-15-16(8-14)25(35)33(12-24(34)32-4-6-37-7-5-32)31-18(15)11-23-29-19-9-17(26)21(10-20(19)30-23)38-13-22(27)28/h2-3,8-10,22H,4-7,11-13H2,1H3,(H,29,30). The van der Waals surface area contributed by atoms with Crippen molar-refractivity contribution in [1.82, 2.24) is 24.6 Å². The van der Waals surface area contributed by atoms with Crippen LogP contribution >= 0.6 is 11.6 Å². The third-order valence-corrected chi connectivity index (χ3v) is 6.47. The van der Waals surface area contributed by atoms with Gasteiger partial charge in [0.25, 0.3) is 12.0 Å². The van der Waals surface area contributed by atoms with Gasteiger partial charge in [-0.05, 0) is 24.3 Å². The molecule has 1 amide bonds. The number of nitrogens with one attached hydrogen (secondary N) is 1. The average Bonchev–Trinajstić information content (AvgIpc) is 3.30. The summed E-state index contributed by atoms with van der Waals surface area (Å²) in [6.45, 7) is 0.785. The zero-order valence-electron chi connectivity index (χ0n) is 20.4. The van der Waals surface area contributed by atoms with Crippen LogP contribution in [0.15, 0.2) is 35.1 Å². The number of fused-ring (bicyclic) bond motifs is 2. The van der Waals surface area contributed by atoms with E-state index < -0.39 is 18.6 Å². The summed E-state index contributed by atoms with van der Waals surface area (Å²) in [4.78, 5) is 35.5. The molecular formula is C25H24ClF2N5O5. The molecule has 1 aliphatic heterocycles. The second-order valence-corrected chi connectivity index (χ2v) is 9.08. The molecule has 1 aliphatic rings. The highest BCUT2D eigenvalue weighted by Gasteiger charge is 2.21. The Balaban J connectivity index is 1.51. The Morgan fingerprint density at radius 3 is 2.74 bits per heavy atom. The average molecular weight is 548 g/mol. The number of alkyl halides is 2. The molecule has 0 atom stereocenters. The van der Waals surface area contributed by atoms with E-state index in [1.165, 1.54) is 19.2 Å². The summed E-state index contributed by atoms with van der Waals surface area (Å²) in [7, 11) is 1.50. The van der Waals surface area contributed by atoms with Crippen molar-refractivity contribution in [2.45, 2.75) is 19.4 Å². The first-order valence-electron chi connectivity index (χ1n) is 11.8. The lowest BCUT2D eigenvalue weighted by Crippen LogP contribution is -2.44. The number of carbonyl (C=O) groups excluding carboxylic acids is 1. The largest absolute Gasteiger partial charge is 0.497 e. The highest BCUT2D eigenvalue weighted by Crippen LogP contribution is 2.30. The molecule has 0 bridgehead atoms. The molecule has 13 heteroatoms. The van der Waals surface area contributed by atoms with Gasteiger partial charge >= 0.3 is 0 Å². The summed E-state index contributed by atoms with van der Waals surface area (Å²) < 4.78 is 42.0. The molecule has 4 aromatic rings. The van der Waals surface area contributed by atoms with Crippen molar-refractivity contribution in [2.75, 3.05) is 40.0 Å². The predicted octanol–water partition coefficient (Wildman–Crippen LogP) is 3.03. The van der Waals surface area contributed by atoms with Gasteiger partial charge in [0.15, 0.2) is 0 Å². The molecule has 1 fully saturated rings. The van der Waals surface area contributed by atoms with Crippen LogP contribution in [0.25, 0.3) is 21.8 Å². The Bertz CT molecular complexity index is 1550. The summed E-state index contributed by atoms with van der Waals surface area (Å²) in [6, 6.07) is 8.11. The van der Waals surface area contributed by atoms with Crippen LogP contribution in [0.5, 0.6) is 11.5 Å². The van der Waals surface area contributed by atoms with Crippen LogP contribution in [0.1, 0.15) is 11.5 Å². The first-order chi connectivity index (χ1) is 18.3. The zero-order valence-corrected chi connectivity index (χ0v) is 21.1. The van der Waals surface area contributed by atoms with E-state index in [4.69, 9.17) is 25.8 Å². The second kappa shape index (κ2) is 10.9. The van der Waals surface area contributed by atoms with Gasteiger partial charge in [-0.3, -0.25) is 9.59 Å². The number of ether oxygens (including phenoxy) is 3. The normalized spacial score (nSPS) is 14.0. The lowest BCUT2D eigenvalue weighted by atomic mass is 10.1. The lowest BCUT2D eigenvalue weighted by Gasteiger charge is -2.27. The maximum atomic E-state index is 13.3. The van der Waals surface area contributed by atoms with E-state index in [1.807, 2.05) is 0 Å². The maximum Gasteiger partial charge on any atom is 0.275 e. The van der Waals surface area contributed by atoms with Gasteiger partial charge < -0.3 is 24.1 Å². The quantitative estimate of drug-likeness (QED) is 0.361. The SMILES string of the molecule is COc1ccc2c(Cc3nc4cc(Cl)c(OCC(F)F)cc4[nH]3)nn(CC(=O)N3CCOCC3)c(=O)c2c1. The Morgan fingerprint density at radius 2 is 2.00 bits per heavy atom. The van der Waals surface area contributed by atoms with Crippen LogP contribution in [-0.4, -0.2) is 77.0 Å². The summed E-state index contributed by atoms with van der Waals surface area (Å²) in [5.74, 6) is 0.871. The minimum absolute atomic E-state index is 0.112. The monoisotopic (exact) mass is 547 g/mol. The summed E-state index contributed by atoms with van der Waals surface area (Å²) in [5, 5.41) is 5.63. The highest BCUT2D eigenvalue weighted by molar-refractivity contribution is 6.32. The number of rotatable bonds is 8. The number of H-pyrrole nitrogens is 1. The fourth-order valence-electron chi connectivity index (χ4n) is 4.31. The molecule has 0 unspecified atom stereocenters. The molecule has 5 rings (SSSR count). The number of amides is 1. The summed E-state index contributed by atoms with van der Waals surface area (Å²) in [6.07, 6.45) is -2.45. The van der Waals surface area contributed by atoms with Gasteiger partial charge in [0.2, 0.25) is 5.91 Å². The molecule has 1 N–H and O–H groups in total. The smallest absolute Gasteiger partial charge is 0.275 e. The molecule has 0 radical (unpaired) electrons. The van der Waals surface area contributed by atoms with E-state index >= 15 is 0 Å². The Morgan fingerprint density at radius 1 is 1.21 bits per heavy atom. The van der Waals surface area contributed by atoms with Gasteiger partial charge in [-0.1, -0.05) is 11.6 Å². The van der Waals surface area contributed by atoms with Crippen molar-refractivity contribution in [1.29, 1.82) is 0 Å². The number of methoxy groups -OCH3 is 1. The van der Waals surface area contributed by atoms with Gasteiger partial charge in [-0.25, -0.2) is 18.4 Å². The number of benzene rings is 2. The number of hydrogen-bond donors (Lipinski definition) is 1. The molecule has 2 aromatic carbocycles. The van der Waals surface area contributed by atoms with E-state index in [0.29, 0.717) is 65.4 Å². The van der Waals surface area contributed by atoms with Crippen LogP contribution in [0.2, 0.25) is 5.02 Å². The Hall–Kier alpha value is -3.77. The van der Waals surface area contributed by atoms with E-state index in [0.717, 1.165) is 4.68 Å². The first kappa shape index (κ1) is 25.9. The number of aromatic amines is 1. The van der Waals surface area contributed by atoms with Gasteiger partial charge in [0, 0.05) is 24.5 Å². The van der Waals surface area contributed by atoms with Crippen molar-refractivity contribution >= 4 is 39.3 Å². The minimum Gasteiger partial charge on any atom is -0.497 e. The van der Waals surface area contributed by atoms with E-state index in [2.05, 4.69) is 15.1 Å². The van der Waals surface area contributed by atoms with Gasteiger partial charge in [-0.2, -0.15) is 5.10 Å². The van der Waals surface area contributed by atoms with Crippen LogP contribution in [0.4, 0.5) is 8.78 Å². The Kier molecular flexibility index (Phi) is 7.43. The van der Waals surface area contributed by atoms with E-state index in [1.54, 1.807) is 23.1 Å². The highest BCUT2D eigenvalue weighted by atomic mass is 35.5. The number of nitrogens with zero attached hydrogens (tertiary/aromatic N) is 4. The molecule has 1 saturated heterocycles. The molecule has 2 aromatic heterocycles. The van der Waals surface area contributed by atoms with Crippen LogP contribution in [0.3, 0.4) is 0 Å². The maximum absolute atomic E-state index is 13.3. The number of morpholine rings is 1. The molecule has 0 saturated carbocycles. The number of aromatic nitrogens is 4. The van der Waals surface area contributed by atoms with Gasteiger partial charge in [-0.15, -0.1) is 0 Å². The third-order valence-electron chi connectivity index (χ3n) is 6.18. The predicted molar refractivity (Wildman–Crippen MR) is 135 cm³/mol. The number of halogens is 3. The second-order valence-electron chi connectivity index (χ2n) is 8.68. The third kappa shape index (κ3) is 5.41. The van der Waals surface area contributed by atoms with Crippen LogP contribution < -0.4 is 15.0 Å². The molecule has 3 heterocycles. The van der Waals surface area contributed by atoms with Gasteiger partial charge in [0.1, 0.15) is 30.5 Å². The van der Waals surface area contributed by atoms with Crippen molar-refractivity contribution in [3.05, 3.63) is 57.2 Å². The number of carbonyl (C=O) groups is 1. The summed E-state index contributed by atoms with van der Waals surface area (Å²) in [5.41, 5.74) is 1.14. The van der Waals surface area contributed by atoms with Crippen molar-refractivity contribution in [3.63, 3.8) is 0 Å². The van der Waals surface area contributed by atoms with Gasteiger partial charge in [0.05, 0.1) is 53.9 Å². The molecule has 38 heavy (non-hydrogen) atoms. The minimum atomic E-state index is -2.64. The zero-order chi connectivity index (χ0) is 26.8. The van der Waals surface area contributed by atoms with Crippen molar-refractivity contribution in [3.8, 4) is 11.5 Å². The fraction of sp³-hybridized carbons (Fsp3) is 0.360. The topological polar surface area (TPSA) is 112 Å². The van der Waals surface area contributed by atoms with Crippen molar-refractivity contribution in [2.24, 2.45) is 0 Å². The summed E-state index contributed by atoms with van der Waals surface area (Å²) >= 11 is 6.18. The van der Waals surface area contributed by atoms with E-state index in [-0.39, 0.29) is 29.6 Å². The number of imidazole rings is 1. The molecule has 0 spiro atoms. The Labute approximate surface area is 220 Å². The van der Waals surface area contributed by atoms with Crippen LogP contribution in [-0.2, 0) is 22.5 Å².